The van der Waals surface area contributed by atoms with Gasteiger partial charge in [-0.2, -0.15) is 4.31 Å². The molecule has 0 bridgehead atoms. The van der Waals surface area contributed by atoms with E-state index in [0.29, 0.717) is 24.3 Å². The Morgan fingerprint density at radius 3 is 2.58 bits per heavy atom. The average molecular weight is 448 g/mol. The predicted octanol–water partition coefficient (Wildman–Crippen LogP) is 3.09. The fraction of sp³-hybridized carbons (Fsp3) is 0.455. The van der Waals surface area contributed by atoms with Crippen LogP contribution in [0.1, 0.15) is 43.7 Å². The minimum Gasteiger partial charge on any atom is -0.496 e. The highest BCUT2D eigenvalue weighted by molar-refractivity contribution is 7.89. The predicted molar refractivity (Wildman–Crippen MR) is 118 cm³/mol. The van der Waals surface area contributed by atoms with Crippen molar-refractivity contribution in [2.75, 3.05) is 20.2 Å². The number of hydrogen-bond acceptors (Lipinski definition) is 6. The van der Waals surface area contributed by atoms with Gasteiger partial charge in [0.1, 0.15) is 11.4 Å². The third-order valence-electron chi connectivity index (χ3n) is 5.24. The van der Waals surface area contributed by atoms with E-state index < -0.39 is 10.0 Å². The first kappa shape index (κ1) is 23.0. The second-order valence-electron chi connectivity index (χ2n) is 7.88. The first-order chi connectivity index (χ1) is 14.7. The van der Waals surface area contributed by atoms with Crippen molar-refractivity contribution in [1.29, 1.82) is 0 Å². The summed E-state index contributed by atoms with van der Waals surface area (Å²) in [5.74, 6) is 0.639. The number of carbonyl (C=O) groups excluding carboxylic acids is 1. The Morgan fingerprint density at radius 1 is 1.26 bits per heavy atom. The minimum atomic E-state index is -3.81. The summed E-state index contributed by atoms with van der Waals surface area (Å²) in [6.07, 6.45) is 4.29. The fourth-order valence-corrected chi connectivity index (χ4v) is 5.38. The highest BCUT2D eigenvalue weighted by Gasteiger charge is 2.35. The second-order valence-corrected chi connectivity index (χ2v) is 9.75. The number of aryl methyl sites for hydroxylation is 1. The molecular weight excluding hydrogens is 418 g/mol. The number of sulfonamides is 1. The lowest BCUT2D eigenvalue weighted by Crippen LogP contribution is -2.44. The van der Waals surface area contributed by atoms with Gasteiger partial charge in [0.15, 0.2) is 10.7 Å². The third-order valence-corrected chi connectivity index (χ3v) is 7.30. The first-order valence-electron chi connectivity index (χ1n) is 10.3. The Kier molecular flexibility index (Phi) is 7.17. The Morgan fingerprint density at radius 2 is 1.94 bits per heavy atom. The lowest BCUT2D eigenvalue weighted by molar-refractivity contribution is -0.126. The van der Waals surface area contributed by atoms with E-state index in [0.717, 1.165) is 5.56 Å². The zero-order valence-electron chi connectivity index (χ0n) is 18.3. The topological polar surface area (TPSA) is 102 Å². The van der Waals surface area contributed by atoms with E-state index in [1.807, 2.05) is 38.1 Å². The maximum atomic E-state index is 13.3. The molecule has 3 rings (SSSR count). The minimum absolute atomic E-state index is 0.0198. The molecule has 1 aliphatic rings. The Balaban J connectivity index is 1.79. The van der Waals surface area contributed by atoms with Crippen LogP contribution >= 0.6 is 0 Å². The van der Waals surface area contributed by atoms with E-state index in [1.165, 1.54) is 4.31 Å². The van der Waals surface area contributed by atoms with Crippen molar-refractivity contribution in [2.45, 2.75) is 44.6 Å². The van der Waals surface area contributed by atoms with Gasteiger partial charge in [0, 0.05) is 30.6 Å². The van der Waals surface area contributed by atoms with Crippen LogP contribution in [0.2, 0.25) is 0 Å². The van der Waals surface area contributed by atoms with Crippen molar-refractivity contribution in [3.63, 3.8) is 0 Å². The largest absolute Gasteiger partial charge is 0.496 e. The lowest BCUT2D eigenvalue weighted by atomic mass is 9.97. The number of amides is 1. The highest BCUT2D eigenvalue weighted by atomic mass is 32.2. The monoisotopic (exact) mass is 447 g/mol. The van der Waals surface area contributed by atoms with Crippen LogP contribution in [0.25, 0.3) is 12.2 Å². The van der Waals surface area contributed by atoms with Crippen molar-refractivity contribution in [3.05, 3.63) is 41.3 Å². The molecule has 1 aliphatic heterocycles. The Labute approximate surface area is 183 Å². The van der Waals surface area contributed by atoms with Gasteiger partial charge in [-0.25, -0.2) is 8.42 Å². The van der Waals surface area contributed by atoms with Gasteiger partial charge < -0.3 is 14.6 Å². The Bertz CT molecular complexity index is 1050. The number of aromatic nitrogens is 1. The van der Waals surface area contributed by atoms with Crippen LogP contribution in [0, 0.1) is 12.8 Å². The fourth-order valence-electron chi connectivity index (χ4n) is 3.66. The standard InChI is InChI=1S/C22H29N3O5S/c1-15(2)23-22(26)18-11-13-25(14-12-18)31(27,28)21-16(3)24-30-20(21)10-9-17-7-5-6-8-19(17)29-4/h5-10,15,18H,11-14H2,1-4H3,(H,23,26)/b10-9+. The molecule has 8 nitrogen and oxygen atoms in total. The van der Waals surface area contributed by atoms with Gasteiger partial charge in [0.05, 0.1) is 7.11 Å². The van der Waals surface area contributed by atoms with Crippen molar-refractivity contribution in [1.82, 2.24) is 14.8 Å². The van der Waals surface area contributed by atoms with Crippen LogP contribution in [-0.2, 0) is 14.8 Å². The molecule has 0 atom stereocenters. The van der Waals surface area contributed by atoms with Crippen molar-refractivity contribution in [2.24, 2.45) is 5.92 Å². The number of nitrogens with one attached hydrogen (secondary N) is 1. The SMILES string of the molecule is COc1ccccc1/C=C/c1onc(C)c1S(=O)(=O)N1CCC(C(=O)NC(C)C)CC1. The number of ether oxygens (including phenoxy) is 1. The van der Waals surface area contributed by atoms with E-state index in [-0.39, 0.29) is 41.6 Å². The van der Waals surface area contributed by atoms with Gasteiger partial charge in [0.2, 0.25) is 15.9 Å². The van der Waals surface area contributed by atoms with Crippen LogP contribution in [0.5, 0.6) is 5.75 Å². The summed E-state index contributed by atoms with van der Waals surface area (Å²) < 4.78 is 38.8. The first-order valence-corrected chi connectivity index (χ1v) is 11.8. The van der Waals surface area contributed by atoms with E-state index in [1.54, 1.807) is 26.2 Å². The maximum absolute atomic E-state index is 13.3. The highest BCUT2D eigenvalue weighted by Crippen LogP contribution is 2.30. The smallest absolute Gasteiger partial charge is 0.248 e. The number of hydrogen-bond donors (Lipinski definition) is 1. The average Bonchev–Trinajstić information content (AvgIpc) is 3.13. The molecule has 31 heavy (non-hydrogen) atoms. The lowest BCUT2D eigenvalue weighted by Gasteiger charge is -2.30. The van der Waals surface area contributed by atoms with Crippen LogP contribution in [0.4, 0.5) is 0 Å². The van der Waals surface area contributed by atoms with Crippen molar-refractivity contribution in [3.8, 4) is 5.75 Å². The van der Waals surface area contributed by atoms with Crippen molar-refractivity contribution >= 4 is 28.1 Å². The molecule has 0 aliphatic carbocycles. The molecular formula is C22H29N3O5S. The van der Waals surface area contributed by atoms with Crippen LogP contribution in [0.3, 0.4) is 0 Å². The zero-order chi connectivity index (χ0) is 22.6. The molecule has 1 aromatic carbocycles. The van der Waals surface area contributed by atoms with Gasteiger partial charge in [-0.1, -0.05) is 23.4 Å². The summed E-state index contributed by atoms with van der Waals surface area (Å²) in [6, 6.07) is 7.47. The molecule has 9 heteroatoms. The molecule has 0 spiro atoms. The normalized spacial score (nSPS) is 16.2. The molecule has 1 amide bonds. The van der Waals surface area contributed by atoms with Gasteiger partial charge in [-0.3, -0.25) is 4.79 Å². The van der Waals surface area contributed by atoms with Gasteiger partial charge >= 0.3 is 0 Å². The van der Waals surface area contributed by atoms with E-state index in [9.17, 15) is 13.2 Å². The van der Waals surface area contributed by atoms with Crippen LogP contribution in [-0.4, -0.2) is 50.0 Å². The summed E-state index contributed by atoms with van der Waals surface area (Å²) >= 11 is 0. The zero-order valence-corrected chi connectivity index (χ0v) is 19.1. The number of piperidine rings is 1. The summed E-state index contributed by atoms with van der Waals surface area (Å²) in [7, 11) is -2.23. The van der Waals surface area contributed by atoms with Gasteiger partial charge in [-0.05, 0) is 51.8 Å². The number of methoxy groups -OCH3 is 1. The van der Waals surface area contributed by atoms with Gasteiger partial charge in [-0.15, -0.1) is 0 Å². The maximum Gasteiger partial charge on any atom is 0.248 e. The number of carbonyl (C=O) groups is 1. The summed E-state index contributed by atoms with van der Waals surface area (Å²) in [6.45, 7) is 5.98. The summed E-state index contributed by atoms with van der Waals surface area (Å²) in [4.78, 5) is 12.3. The van der Waals surface area contributed by atoms with E-state index in [2.05, 4.69) is 10.5 Å². The molecule has 1 N–H and O–H groups in total. The molecule has 0 radical (unpaired) electrons. The van der Waals surface area contributed by atoms with Crippen molar-refractivity contribution < 1.29 is 22.5 Å². The quantitative estimate of drug-likeness (QED) is 0.700. The number of para-hydroxylation sites is 1. The van der Waals surface area contributed by atoms with E-state index >= 15 is 0 Å². The second kappa shape index (κ2) is 9.65. The summed E-state index contributed by atoms with van der Waals surface area (Å²) in [5, 5.41) is 6.78. The third kappa shape index (κ3) is 5.16. The van der Waals surface area contributed by atoms with Gasteiger partial charge in [0.25, 0.3) is 0 Å². The van der Waals surface area contributed by atoms with E-state index in [4.69, 9.17) is 9.26 Å². The molecule has 168 valence electrons. The Hall–Kier alpha value is -2.65. The number of nitrogens with zero attached hydrogens (tertiary/aromatic N) is 2. The number of rotatable bonds is 7. The van der Waals surface area contributed by atoms with Crippen LogP contribution < -0.4 is 10.1 Å². The summed E-state index contributed by atoms with van der Waals surface area (Å²) in [5.41, 5.74) is 1.10. The number of benzene rings is 1. The van der Waals surface area contributed by atoms with Crippen LogP contribution in [0.15, 0.2) is 33.7 Å². The molecule has 0 unspecified atom stereocenters. The molecule has 2 aromatic rings. The molecule has 1 fully saturated rings. The molecule has 1 saturated heterocycles. The molecule has 0 saturated carbocycles. The molecule has 2 heterocycles. The molecule has 1 aromatic heterocycles.